The van der Waals surface area contributed by atoms with Crippen LogP contribution in [0.25, 0.3) is 0 Å². The number of sulfonamides is 1. The average Bonchev–Trinajstić information content (AvgIpc) is 2.81. The molecule has 0 saturated carbocycles. The van der Waals surface area contributed by atoms with Crippen LogP contribution in [-0.2, 0) is 10.0 Å². The van der Waals surface area contributed by atoms with Crippen molar-refractivity contribution in [2.24, 2.45) is 0 Å². The average molecular weight is 251 g/mol. The van der Waals surface area contributed by atoms with Crippen LogP contribution in [0.5, 0.6) is 0 Å². The first-order valence-electron chi connectivity index (χ1n) is 5.35. The van der Waals surface area contributed by atoms with Gasteiger partial charge in [0.2, 0.25) is 10.0 Å². The Labute approximate surface area is 101 Å². The van der Waals surface area contributed by atoms with Gasteiger partial charge < -0.3 is 5.32 Å². The molecule has 1 aromatic rings. The van der Waals surface area contributed by atoms with Crippen molar-refractivity contribution < 1.29 is 8.42 Å². The molecule has 2 rings (SSSR count). The lowest BCUT2D eigenvalue weighted by molar-refractivity contribution is 0.560. The van der Waals surface area contributed by atoms with Crippen molar-refractivity contribution in [3.63, 3.8) is 0 Å². The quantitative estimate of drug-likeness (QED) is 0.804. The Balaban J connectivity index is 2.28. The van der Waals surface area contributed by atoms with E-state index in [1.807, 2.05) is 6.07 Å². The van der Waals surface area contributed by atoms with Crippen molar-refractivity contribution in [2.45, 2.75) is 17.4 Å². The Morgan fingerprint density at radius 1 is 1.41 bits per heavy atom. The van der Waals surface area contributed by atoms with E-state index in [0.717, 1.165) is 13.0 Å². The molecule has 1 heterocycles. The van der Waals surface area contributed by atoms with Crippen LogP contribution in [0.3, 0.4) is 0 Å². The zero-order valence-corrected chi connectivity index (χ0v) is 10.00. The van der Waals surface area contributed by atoms with Gasteiger partial charge in [-0.1, -0.05) is 12.1 Å². The van der Waals surface area contributed by atoms with E-state index in [4.69, 9.17) is 5.26 Å². The number of nitriles is 1. The topological polar surface area (TPSA) is 82.0 Å². The van der Waals surface area contributed by atoms with Gasteiger partial charge in [0.25, 0.3) is 0 Å². The summed E-state index contributed by atoms with van der Waals surface area (Å²) in [6.45, 7) is 1.45. The number of hydrogen-bond donors (Lipinski definition) is 2. The third-order valence-corrected chi connectivity index (χ3v) is 4.26. The summed E-state index contributed by atoms with van der Waals surface area (Å²) in [5.41, 5.74) is 0.172. The summed E-state index contributed by atoms with van der Waals surface area (Å²) in [7, 11) is -3.60. The molecule has 90 valence electrons. The number of rotatable bonds is 3. The zero-order valence-electron chi connectivity index (χ0n) is 9.18. The summed E-state index contributed by atoms with van der Waals surface area (Å²) in [6.07, 6.45) is 0.772. The van der Waals surface area contributed by atoms with Gasteiger partial charge in [-0.3, -0.25) is 0 Å². The predicted octanol–water partition coefficient (Wildman–Crippen LogP) is 0.198. The monoisotopic (exact) mass is 251 g/mol. The fourth-order valence-corrected chi connectivity index (χ4v) is 3.26. The maximum absolute atomic E-state index is 12.1. The minimum Gasteiger partial charge on any atom is -0.315 e. The number of hydrogen-bond acceptors (Lipinski definition) is 4. The molecule has 1 fully saturated rings. The van der Waals surface area contributed by atoms with Crippen molar-refractivity contribution in [1.82, 2.24) is 10.0 Å². The highest BCUT2D eigenvalue weighted by Crippen LogP contribution is 2.15. The van der Waals surface area contributed by atoms with Gasteiger partial charge in [-0.05, 0) is 25.1 Å². The van der Waals surface area contributed by atoms with E-state index in [9.17, 15) is 8.42 Å². The minimum atomic E-state index is -3.60. The second-order valence-electron chi connectivity index (χ2n) is 3.92. The number of nitrogens with zero attached hydrogens (tertiary/aromatic N) is 1. The fraction of sp³-hybridized carbons (Fsp3) is 0.364. The number of benzene rings is 1. The van der Waals surface area contributed by atoms with Gasteiger partial charge in [0.05, 0.1) is 10.5 Å². The standard InChI is InChI=1S/C11H13N3O2S/c12-7-9-3-1-2-4-11(9)17(15,16)14-10-5-6-13-8-10/h1-4,10,13-14H,5-6,8H2. The lowest BCUT2D eigenvalue weighted by Crippen LogP contribution is -2.36. The maximum atomic E-state index is 12.1. The highest BCUT2D eigenvalue weighted by atomic mass is 32.2. The van der Waals surface area contributed by atoms with Crippen LogP contribution >= 0.6 is 0 Å². The van der Waals surface area contributed by atoms with Crippen LogP contribution in [0.2, 0.25) is 0 Å². The first-order valence-corrected chi connectivity index (χ1v) is 6.84. The first kappa shape index (κ1) is 12.0. The lowest BCUT2D eigenvalue weighted by atomic mass is 10.2. The Kier molecular flexibility index (Phi) is 3.43. The van der Waals surface area contributed by atoms with E-state index < -0.39 is 10.0 Å². The van der Waals surface area contributed by atoms with E-state index in [2.05, 4.69) is 10.0 Å². The van der Waals surface area contributed by atoms with Crippen LogP contribution in [-0.4, -0.2) is 27.5 Å². The van der Waals surface area contributed by atoms with Gasteiger partial charge in [-0.2, -0.15) is 5.26 Å². The summed E-state index contributed by atoms with van der Waals surface area (Å²) in [5, 5.41) is 12.0. The molecule has 0 radical (unpaired) electrons. The first-order chi connectivity index (χ1) is 8.13. The Morgan fingerprint density at radius 2 is 2.18 bits per heavy atom. The summed E-state index contributed by atoms with van der Waals surface area (Å²) >= 11 is 0. The van der Waals surface area contributed by atoms with Gasteiger partial charge in [-0.15, -0.1) is 0 Å². The molecular formula is C11H13N3O2S. The predicted molar refractivity (Wildman–Crippen MR) is 62.8 cm³/mol. The largest absolute Gasteiger partial charge is 0.315 e. The molecule has 5 nitrogen and oxygen atoms in total. The molecule has 0 spiro atoms. The molecule has 1 aromatic carbocycles. The highest BCUT2D eigenvalue weighted by molar-refractivity contribution is 7.89. The molecule has 0 aromatic heterocycles. The molecule has 1 unspecified atom stereocenters. The van der Waals surface area contributed by atoms with Crippen LogP contribution < -0.4 is 10.0 Å². The summed E-state index contributed by atoms with van der Waals surface area (Å²) < 4.78 is 26.8. The van der Waals surface area contributed by atoms with Gasteiger partial charge in [0.15, 0.2) is 0 Å². The molecule has 1 atom stereocenters. The van der Waals surface area contributed by atoms with E-state index in [1.54, 1.807) is 12.1 Å². The van der Waals surface area contributed by atoms with Crippen molar-refractivity contribution >= 4 is 10.0 Å². The molecule has 0 bridgehead atoms. The van der Waals surface area contributed by atoms with E-state index >= 15 is 0 Å². The van der Waals surface area contributed by atoms with Crippen molar-refractivity contribution in [3.8, 4) is 6.07 Å². The molecule has 0 amide bonds. The smallest absolute Gasteiger partial charge is 0.242 e. The third-order valence-electron chi connectivity index (χ3n) is 2.68. The van der Waals surface area contributed by atoms with Gasteiger partial charge in [0, 0.05) is 12.6 Å². The summed E-state index contributed by atoms with van der Waals surface area (Å²) in [4.78, 5) is 0.0504. The van der Waals surface area contributed by atoms with Crippen molar-refractivity contribution in [3.05, 3.63) is 29.8 Å². The molecule has 1 saturated heterocycles. The van der Waals surface area contributed by atoms with Crippen LogP contribution in [0.4, 0.5) is 0 Å². The molecule has 6 heteroatoms. The molecule has 2 N–H and O–H groups in total. The lowest BCUT2D eigenvalue weighted by Gasteiger charge is -2.12. The molecule has 1 aliphatic heterocycles. The van der Waals surface area contributed by atoms with Crippen molar-refractivity contribution in [1.29, 1.82) is 5.26 Å². The molecular weight excluding hydrogens is 238 g/mol. The molecule has 17 heavy (non-hydrogen) atoms. The second kappa shape index (κ2) is 4.84. The van der Waals surface area contributed by atoms with Gasteiger partial charge in [0.1, 0.15) is 6.07 Å². The maximum Gasteiger partial charge on any atom is 0.242 e. The van der Waals surface area contributed by atoms with Crippen LogP contribution in [0, 0.1) is 11.3 Å². The third kappa shape index (κ3) is 2.64. The minimum absolute atomic E-state index is 0.0504. The molecule has 1 aliphatic rings. The zero-order chi connectivity index (χ0) is 12.3. The second-order valence-corrected chi connectivity index (χ2v) is 5.60. The fourth-order valence-electron chi connectivity index (χ4n) is 1.83. The number of nitrogens with one attached hydrogen (secondary N) is 2. The normalized spacial score (nSPS) is 20.1. The summed E-state index contributed by atoms with van der Waals surface area (Å²) in [5.74, 6) is 0. The van der Waals surface area contributed by atoms with Crippen LogP contribution in [0.1, 0.15) is 12.0 Å². The van der Waals surface area contributed by atoms with E-state index in [-0.39, 0.29) is 16.5 Å². The summed E-state index contributed by atoms with van der Waals surface area (Å²) in [6, 6.07) is 8.01. The van der Waals surface area contributed by atoms with Crippen molar-refractivity contribution in [2.75, 3.05) is 13.1 Å². The van der Waals surface area contributed by atoms with Gasteiger partial charge >= 0.3 is 0 Å². The Bertz CT molecular complexity index is 542. The van der Waals surface area contributed by atoms with E-state index in [0.29, 0.717) is 6.54 Å². The Morgan fingerprint density at radius 3 is 2.82 bits per heavy atom. The molecule has 0 aliphatic carbocycles. The van der Waals surface area contributed by atoms with Crippen LogP contribution in [0.15, 0.2) is 29.2 Å². The van der Waals surface area contributed by atoms with Gasteiger partial charge in [-0.25, -0.2) is 13.1 Å². The van der Waals surface area contributed by atoms with E-state index in [1.165, 1.54) is 12.1 Å². The Hall–Kier alpha value is -1.42. The SMILES string of the molecule is N#Cc1ccccc1S(=O)(=O)NC1CCNC1. The highest BCUT2D eigenvalue weighted by Gasteiger charge is 2.24.